The van der Waals surface area contributed by atoms with E-state index in [2.05, 4.69) is 95.0 Å². The van der Waals surface area contributed by atoms with E-state index in [9.17, 15) is 0 Å². The third-order valence-corrected chi connectivity index (χ3v) is 5.74. The normalized spacial score (nSPS) is 15.1. The van der Waals surface area contributed by atoms with Crippen LogP contribution in [0.15, 0.2) is 65.1 Å². The van der Waals surface area contributed by atoms with Crippen LogP contribution >= 0.6 is 15.9 Å². The molecule has 2 heterocycles. The van der Waals surface area contributed by atoms with Crippen LogP contribution in [0.5, 0.6) is 0 Å². The van der Waals surface area contributed by atoms with E-state index < -0.39 is 0 Å². The first-order chi connectivity index (χ1) is 11.1. The first kappa shape index (κ1) is 13.4. The Balaban J connectivity index is 2.14. The number of hydrogen-bond donors (Lipinski definition) is 0. The van der Waals surface area contributed by atoms with Crippen LogP contribution in [0.1, 0.15) is 25.0 Å². The Morgan fingerprint density at radius 1 is 0.826 bits per heavy atom. The van der Waals surface area contributed by atoms with E-state index in [1.54, 1.807) is 0 Å². The average molecular weight is 362 g/mol. The number of aromatic nitrogens is 1. The van der Waals surface area contributed by atoms with Crippen molar-refractivity contribution in [3.63, 3.8) is 0 Å². The summed E-state index contributed by atoms with van der Waals surface area (Å²) in [6.45, 7) is 4.66. The van der Waals surface area contributed by atoms with Crippen molar-refractivity contribution in [2.24, 2.45) is 0 Å². The van der Waals surface area contributed by atoms with Gasteiger partial charge in [0.25, 0.3) is 0 Å². The summed E-state index contributed by atoms with van der Waals surface area (Å²) in [4.78, 5) is 0. The van der Waals surface area contributed by atoms with Crippen molar-refractivity contribution >= 4 is 37.7 Å². The molecule has 2 heteroatoms. The van der Waals surface area contributed by atoms with Crippen LogP contribution in [0.25, 0.3) is 27.5 Å². The summed E-state index contributed by atoms with van der Waals surface area (Å²) >= 11 is 3.64. The zero-order chi connectivity index (χ0) is 15.8. The van der Waals surface area contributed by atoms with Gasteiger partial charge in [-0.05, 0) is 29.3 Å². The van der Waals surface area contributed by atoms with E-state index >= 15 is 0 Å². The highest BCUT2D eigenvalue weighted by Gasteiger charge is 2.34. The Labute approximate surface area is 143 Å². The summed E-state index contributed by atoms with van der Waals surface area (Å²) < 4.78 is 3.55. The minimum atomic E-state index is 0.0116. The van der Waals surface area contributed by atoms with Gasteiger partial charge in [0.15, 0.2) is 0 Å². The molecule has 0 saturated carbocycles. The van der Waals surface area contributed by atoms with Gasteiger partial charge < -0.3 is 4.57 Å². The molecule has 1 aromatic heterocycles. The molecule has 1 aliphatic heterocycles. The second kappa shape index (κ2) is 4.27. The maximum absolute atomic E-state index is 3.64. The molecular formula is C21H16BrN. The Morgan fingerprint density at radius 2 is 1.61 bits per heavy atom. The number of rotatable bonds is 0. The number of fused-ring (bicyclic) bond motifs is 5. The molecule has 0 unspecified atom stereocenters. The molecule has 0 radical (unpaired) electrons. The number of benzene rings is 3. The predicted octanol–water partition coefficient (Wildman–Crippen LogP) is 6.19. The van der Waals surface area contributed by atoms with Crippen LogP contribution in [0.4, 0.5) is 0 Å². The number of nitrogens with zero attached hydrogens (tertiary/aromatic N) is 1. The van der Waals surface area contributed by atoms with Gasteiger partial charge in [-0.3, -0.25) is 0 Å². The first-order valence-electron chi connectivity index (χ1n) is 7.92. The molecule has 0 atom stereocenters. The summed E-state index contributed by atoms with van der Waals surface area (Å²) in [7, 11) is 0. The topological polar surface area (TPSA) is 4.93 Å². The highest BCUT2D eigenvalue weighted by atomic mass is 79.9. The molecule has 0 N–H and O–H groups in total. The molecule has 0 fully saturated rings. The quantitative estimate of drug-likeness (QED) is 0.352. The SMILES string of the molecule is CC1(C)c2ccccc2-n2c3cc(Br)ccc3c3cccc1c32. The molecule has 3 aromatic carbocycles. The van der Waals surface area contributed by atoms with Crippen LogP contribution in [-0.4, -0.2) is 4.57 Å². The fourth-order valence-electron chi connectivity index (χ4n) is 4.14. The second-order valence-electron chi connectivity index (χ2n) is 6.84. The third kappa shape index (κ3) is 1.57. The van der Waals surface area contributed by atoms with Gasteiger partial charge >= 0.3 is 0 Å². The summed E-state index contributed by atoms with van der Waals surface area (Å²) in [5, 5.41) is 2.66. The predicted molar refractivity (Wildman–Crippen MR) is 101 cm³/mol. The highest BCUT2D eigenvalue weighted by molar-refractivity contribution is 9.10. The number of para-hydroxylation sites is 2. The second-order valence-corrected chi connectivity index (χ2v) is 7.76. The zero-order valence-corrected chi connectivity index (χ0v) is 14.7. The van der Waals surface area contributed by atoms with Gasteiger partial charge in [-0.1, -0.05) is 72.2 Å². The first-order valence-corrected chi connectivity index (χ1v) is 8.71. The summed E-state index contributed by atoms with van der Waals surface area (Å²) in [5.74, 6) is 0. The van der Waals surface area contributed by atoms with Gasteiger partial charge in [0.1, 0.15) is 0 Å². The zero-order valence-electron chi connectivity index (χ0n) is 13.1. The van der Waals surface area contributed by atoms with Crippen LogP contribution in [0.2, 0.25) is 0 Å². The highest BCUT2D eigenvalue weighted by Crippen LogP contribution is 2.47. The largest absolute Gasteiger partial charge is 0.309 e. The van der Waals surface area contributed by atoms with E-state index in [0.29, 0.717) is 0 Å². The molecule has 0 bridgehead atoms. The van der Waals surface area contributed by atoms with Crippen molar-refractivity contribution in [1.82, 2.24) is 4.57 Å². The molecule has 1 nitrogen and oxygen atoms in total. The minimum Gasteiger partial charge on any atom is -0.309 e. The molecule has 4 aromatic rings. The van der Waals surface area contributed by atoms with Gasteiger partial charge in [0.2, 0.25) is 0 Å². The molecular weight excluding hydrogens is 346 g/mol. The summed E-state index contributed by atoms with van der Waals surface area (Å²) in [6.07, 6.45) is 0. The van der Waals surface area contributed by atoms with E-state index in [1.807, 2.05) is 0 Å². The lowest BCUT2D eigenvalue weighted by Gasteiger charge is -2.34. The molecule has 5 rings (SSSR count). The van der Waals surface area contributed by atoms with E-state index in [0.717, 1.165) is 4.47 Å². The Kier molecular flexibility index (Phi) is 2.48. The van der Waals surface area contributed by atoms with E-state index in [1.165, 1.54) is 38.6 Å². The molecule has 23 heavy (non-hydrogen) atoms. The maximum Gasteiger partial charge on any atom is 0.0582 e. The Bertz CT molecular complexity index is 1100. The smallest absolute Gasteiger partial charge is 0.0582 e. The lowest BCUT2D eigenvalue weighted by atomic mass is 9.75. The van der Waals surface area contributed by atoms with E-state index in [-0.39, 0.29) is 5.41 Å². The Morgan fingerprint density at radius 3 is 2.48 bits per heavy atom. The van der Waals surface area contributed by atoms with Crippen molar-refractivity contribution in [1.29, 1.82) is 0 Å². The number of hydrogen-bond acceptors (Lipinski definition) is 0. The van der Waals surface area contributed by atoms with Crippen molar-refractivity contribution in [3.05, 3.63) is 76.3 Å². The molecule has 1 aliphatic rings. The third-order valence-electron chi connectivity index (χ3n) is 5.24. The van der Waals surface area contributed by atoms with Crippen molar-refractivity contribution in [3.8, 4) is 5.69 Å². The Hall–Kier alpha value is -2.06. The standard InChI is InChI=1S/C21H16BrN/c1-21(2)16-7-3-4-9-18(16)23-19-12-13(22)10-11-14(19)15-6-5-8-17(21)20(15)23/h3-12H,1-2H3. The minimum absolute atomic E-state index is 0.0116. The van der Waals surface area contributed by atoms with Gasteiger partial charge in [0.05, 0.1) is 16.7 Å². The lowest BCUT2D eigenvalue weighted by Crippen LogP contribution is -2.26. The summed E-state index contributed by atoms with van der Waals surface area (Å²) in [6, 6.07) is 22.1. The monoisotopic (exact) mass is 361 g/mol. The van der Waals surface area contributed by atoms with Crippen LogP contribution < -0.4 is 0 Å². The van der Waals surface area contributed by atoms with Gasteiger partial charge in [-0.25, -0.2) is 0 Å². The van der Waals surface area contributed by atoms with Crippen LogP contribution in [0.3, 0.4) is 0 Å². The summed E-state index contributed by atoms with van der Waals surface area (Å²) in [5.41, 5.74) is 6.72. The van der Waals surface area contributed by atoms with Crippen molar-refractivity contribution in [2.75, 3.05) is 0 Å². The van der Waals surface area contributed by atoms with E-state index in [4.69, 9.17) is 0 Å². The molecule has 0 aliphatic carbocycles. The fourth-order valence-corrected chi connectivity index (χ4v) is 4.49. The fraction of sp³-hybridized carbons (Fsp3) is 0.143. The molecule has 112 valence electrons. The van der Waals surface area contributed by atoms with Gasteiger partial charge in [-0.2, -0.15) is 0 Å². The average Bonchev–Trinajstić information content (AvgIpc) is 2.87. The van der Waals surface area contributed by atoms with Gasteiger partial charge in [0, 0.05) is 20.7 Å². The number of halogens is 1. The lowest BCUT2D eigenvalue weighted by molar-refractivity contribution is 0.630. The maximum atomic E-state index is 3.64. The van der Waals surface area contributed by atoms with Crippen molar-refractivity contribution in [2.45, 2.75) is 19.3 Å². The van der Waals surface area contributed by atoms with Gasteiger partial charge in [-0.15, -0.1) is 0 Å². The van der Waals surface area contributed by atoms with Crippen LogP contribution in [0, 0.1) is 0 Å². The van der Waals surface area contributed by atoms with Crippen LogP contribution in [-0.2, 0) is 5.41 Å². The molecule has 0 saturated heterocycles. The molecule has 0 amide bonds. The molecule has 0 spiro atoms. The van der Waals surface area contributed by atoms with Crippen molar-refractivity contribution < 1.29 is 0 Å².